The third-order valence-corrected chi connectivity index (χ3v) is 4.47. The highest BCUT2D eigenvalue weighted by molar-refractivity contribution is 6.30. The summed E-state index contributed by atoms with van der Waals surface area (Å²) in [6.45, 7) is 7.97. The molecule has 3 aromatic rings. The molecule has 0 spiro atoms. The van der Waals surface area contributed by atoms with Crippen molar-refractivity contribution < 1.29 is 4.79 Å². The highest BCUT2D eigenvalue weighted by atomic mass is 35.5. The summed E-state index contributed by atoms with van der Waals surface area (Å²) in [5.74, 6) is -0.192. The molecule has 0 saturated heterocycles. The number of hydrogen-bond acceptors (Lipinski definition) is 3. The van der Waals surface area contributed by atoms with Gasteiger partial charge in [-0.1, -0.05) is 11.6 Å². The summed E-state index contributed by atoms with van der Waals surface area (Å²) >= 11 is 6.00. The molecule has 130 valence electrons. The summed E-state index contributed by atoms with van der Waals surface area (Å²) in [5, 5.41) is 3.54. The Morgan fingerprint density at radius 2 is 1.88 bits per heavy atom. The number of aromatic nitrogens is 2. The van der Waals surface area contributed by atoms with Crippen LogP contribution in [0.5, 0.6) is 0 Å². The Morgan fingerprint density at radius 1 is 1.20 bits per heavy atom. The Labute approximate surface area is 152 Å². The fraction of sp³-hybridized carbons (Fsp3) is 0.263. The number of fused-ring (bicyclic) bond motifs is 1. The largest absolute Gasteiger partial charge is 0.372 e. The summed E-state index contributed by atoms with van der Waals surface area (Å²) in [6, 6.07) is 11.4. The van der Waals surface area contributed by atoms with Gasteiger partial charge in [-0.05, 0) is 51.1 Å². The molecule has 25 heavy (non-hydrogen) atoms. The van der Waals surface area contributed by atoms with E-state index in [4.69, 9.17) is 11.6 Å². The minimum Gasteiger partial charge on any atom is -0.372 e. The number of carbonyl (C=O) groups is 1. The number of halogens is 1. The number of rotatable bonds is 5. The Balaban J connectivity index is 1.84. The Bertz CT molecular complexity index is 898. The molecule has 0 aliphatic rings. The molecule has 0 atom stereocenters. The van der Waals surface area contributed by atoms with Crippen LogP contribution in [0.4, 0.5) is 11.4 Å². The maximum atomic E-state index is 12.7. The number of hydrogen-bond donors (Lipinski definition) is 1. The van der Waals surface area contributed by atoms with Gasteiger partial charge in [-0.3, -0.25) is 9.20 Å². The molecule has 1 amide bonds. The number of benzene rings is 1. The molecule has 0 aliphatic carbocycles. The van der Waals surface area contributed by atoms with E-state index in [1.807, 2.05) is 31.2 Å². The minimum atomic E-state index is -0.192. The second-order valence-electron chi connectivity index (χ2n) is 5.79. The van der Waals surface area contributed by atoms with Gasteiger partial charge in [0.05, 0.1) is 5.69 Å². The molecule has 1 N–H and O–H groups in total. The molecular formula is C19H21ClN4O. The van der Waals surface area contributed by atoms with Gasteiger partial charge in [-0.15, -0.1) is 0 Å². The SMILES string of the molecule is CCN(CC)c1ccc(NC(=O)c2c(C)nc3cc(Cl)ccn23)cc1. The number of anilines is 2. The highest BCUT2D eigenvalue weighted by Crippen LogP contribution is 2.20. The normalized spacial score (nSPS) is 10.9. The predicted octanol–water partition coefficient (Wildman–Crippen LogP) is 4.39. The highest BCUT2D eigenvalue weighted by Gasteiger charge is 2.17. The summed E-state index contributed by atoms with van der Waals surface area (Å²) in [7, 11) is 0. The fourth-order valence-corrected chi connectivity index (χ4v) is 3.10. The molecule has 2 heterocycles. The van der Waals surface area contributed by atoms with Crippen molar-refractivity contribution >= 4 is 34.5 Å². The number of imidazole rings is 1. The van der Waals surface area contributed by atoms with Gasteiger partial charge >= 0.3 is 0 Å². The van der Waals surface area contributed by atoms with Gasteiger partial charge in [0.25, 0.3) is 5.91 Å². The molecule has 0 unspecified atom stereocenters. The van der Waals surface area contributed by atoms with Crippen LogP contribution < -0.4 is 10.2 Å². The second kappa shape index (κ2) is 7.15. The average Bonchev–Trinajstić information content (AvgIpc) is 2.92. The van der Waals surface area contributed by atoms with Crippen molar-refractivity contribution in [2.75, 3.05) is 23.3 Å². The lowest BCUT2D eigenvalue weighted by molar-refractivity contribution is 0.102. The number of amides is 1. The van der Waals surface area contributed by atoms with Crippen molar-refractivity contribution in [1.29, 1.82) is 0 Å². The van der Waals surface area contributed by atoms with Crippen molar-refractivity contribution in [3.05, 3.63) is 59.0 Å². The predicted molar refractivity (Wildman–Crippen MR) is 103 cm³/mol. The quantitative estimate of drug-likeness (QED) is 0.737. The average molecular weight is 357 g/mol. The van der Waals surface area contributed by atoms with Crippen LogP contribution in [-0.2, 0) is 0 Å². The van der Waals surface area contributed by atoms with Gasteiger partial charge in [-0.25, -0.2) is 4.98 Å². The first kappa shape index (κ1) is 17.3. The molecule has 2 aromatic heterocycles. The standard InChI is InChI=1S/C19H21ClN4O/c1-4-23(5-2)16-8-6-15(7-9-16)22-19(25)18-13(3)21-17-12-14(20)10-11-24(17)18/h6-12H,4-5H2,1-3H3,(H,22,25). The van der Waals surface area contributed by atoms with Crippen molar-refractivity contribution in [1.82, 2.24) is 9.38 Å². The van der Waals surface area contributed by atoms with Crippen LogP contribution in [0.15, 0.2) is 42.6 Å². The third kappa shape index (κ3) is 3.46. The number of nitrogens with one attached hydrogen (secondary N) is 1. The van der Waals surface area contributed by atoms with Crippen molar-refractivity contribution in [3.63, 3.8) is 0 Å². The molecule has 0 radical (unpaired) electrons. The van der Waals surface area contributed by atoms with E-state index in [2.05, 4.69) is 29.0 Å². The zero-order valence-corrected chi connectivity index (χ0v) is 15.3. The van der Waals surface area contributed by atoms with Crippen molar-refractivity contribution in [2.45, 2.75) is 20.8 Å². The van der Waals surface area contributed by atoms with Crippen LogP contribution in [0.3, 0.4) is 0 Å². The van der Waals surface area contributed by atoms with Crippen LogP contribution in [0.25, 0.3) is 5.65 Å². The monoisotopic (exact) mass is 356 g/mol. The zero-order valence-electron chi connectivity index (χ0n) is 14.6. The third-order valence-electron chi connectivity index (χ3n) is 4.23. The van der Waals surface area contributed by atoms with Crippen molar-refractivity contribution in [3.8, 4) is 0 Å². The Kier molecular flexibility index (Phi) is 4.95. The van der Waals surface area contributed by atoms with E-state index in [0.717, 1.165) is 24.5 Å². The smallest absolute Gasteiger partial charge is 0.274 e. The van der Waals surface area contributed by atoms with E-state index in [-0.39, 0.29) is 5.91 Å². The maximum absolute atomic E-state index is 12.7. The molecular weight excluding hydrogens is 336 g/mol. The van der Waals surface area contributed by atoms with Crippen LogP contribution in [0.2, 0.25) is 5.02 Å². The van der Waals surface area contributed by atoms with Crippen LogP contribution in [0, 0.1) is 6.92 Å². The van der Waals surface area contributed by atoms with Gasteiger partial charge in [0.15, 0.2) is 0 Å². The lowest BCUT2D eigenvalue weighted by atomic mass is 10.2. The summed E-state index contributed by atoms with van der Waals surface area (Å²) in [5.41, 5.74) is 3.74. The second-order valence-corrected chi connectivity index (χ2v) is 6.23. The minimum absolute atomic E-state index is 0.192. The molecule has 6 heteroatoms. The number of pyridine rings is 1. The lowest BCUT2D eigenvalue weighted by Gasteiger charge is -2.21. The Hall–Kier alpha value is -2.53. The van der Waals surface area contributed by atoms with E-state index in [1.54, 1.807) is 22.7 Å². The molecule has 3 rings (SSSR count). The summed E-state index contributed by atoms with van der Waals surface area (Å²) < 4.78 is 1.75. The molecule has 5 nitrogen and oxygen atoms in total. The van der Waals surface area contributed by atoms with Gasteiger partial charge in [0.1, 0.15) is 11.3 Å². The zero-order chi connectivity index (χ0) is 18.0. The van der Waals surface area contributed by atoms with E-state index in [0.29, 0.717) is 22.1 Å². The molecule has 0 saturated carbocycles. The van der Waals surface area contributed by atoms with Gasteiger partial charge < -0.3 is 10.2 Å². The summed E-state index contributed by atoms with van der Waals surface area (Å²) in [4.78, 5) is 19.4. The van der Waals surface area contributed by atoms with Gasteiger partial charge in [0, 0.05) is 41.8 Å². The number of nitrogens with zero attached hydrogens (tertiary/aromatic N) is 3. The van der Waals surface area contributed by atoms with Crippen LogP contribution in [-0.4, -0.2) is 28.4 Å². The molecule has 1 aromatic carbocycles. The van der Waals surface area contributed by atoms with Crippen LogP contribution in [0.1, 0.15) is 30.0 Å². The summed E-state index contributed by atoms with van der Waals surface area (Å²) in [6.07, 6.45) is 1.76. The van der Waals surface area contributed by atoms with Crippen molar-refractivity contribution in [2.24, 2.45) is 0 Å². The number of aryl methyl sites for hydroxylation is 1. The first-order valence-corrected chi connectivity index (χ1v) is 8.71. The maximum Gasteiger partial charge on any atom is 0.274 e. The molecule has 0 bridgehead atoms. The van der Waals surface area contributed by atoms with Gasteiger partial charge in [-0.2, -0.15) is 0 Å². The lowest BCUT2D eigenvalue weighted by Crippen LogP contribution is -2.21. The topological polar surface area (TPSA) is 49.6 Å². The van der Waals surface area contributed by atoms with Crippen LogP contribution >= 0.6 is 11.6 Å². The molecule has 0 fully saturated rings. The van der Waals surface area contributed by atoms with Gasteiger partial charge in [0.2, 0.25) is 0 Å². The Morgan fingerprint density at radius 3 is 2.52 bits per heavy atom. The number of carbonyl (C=O) groups excluding carboxylic acids is 1. The fourth-order valence-electron chi connectivity index (χ4n) is 2.95. The van der Waals surface area contributed by atoms with E-state index in [1.165, 1.54) is 0 Å². The first-order chi connectivity index (χ1) is 12.0. The first-order valence-electron chi connectivity index (χ1n) is 8.34. The van der Waals surface area contributed by atoms with E-state index in [9.17, 15) is 4.79 Å². The van der Waals surface area contributed by atoms with E-state index < -0.39 is 0 Å². The molecule has 0 aliphatic heterocycles. The van der Waals surface area contributed by atoms with E-state index >= 15 is 0 Å².